The SMILES string of the molecule is O=C(O)C(C(=O)O)C1CC1C(C(=O)O)C(=O)O. The third-order valence-corrected chi connectivity index (χ3v) is 2.81. The van der Waals surface area contributed by atoms with E-state index in [0.717, 1.165) is 0 Å². The fourth-order valence-electron chi connectivity index (χ4n) is 1.95. The van der Waals surface area contributed by atoms with Gasteiger partial charge in [0, 0.05) is 0 Å². The van der Waals surface area contributed by atoms with Crippen LogP contribution in [0.5, 0.6) is 0 Å². The third kappa shape index (κ3) is 2.52. The van der Waals surface area contributed by atoms with Gasteiger partial charge in [-0.2, -0.15) is 0 Å². The summed E-state index contributed by atoms with van der Waals surface area (Å²) in [4.78, 5) is 42.6. The smallest absolute Gasteiger partial charge is 0.318 e. The van der Waals surface area contributed by atoms with Crippen LogP contribution in [0.4, 0.5) is 0 Å². The van der Waals surface area contributed by atoms with Crippen LogP contribution < -0.4 is 0 Å². The molecular formula is C9H10O8. The van der Waals surface area contributed by atoms with Crippen LogP contribution in [-0.2, 0) is 19.2 Å². The zero-order chi connectivity index (χ0) is 13.3. The van der Waals surface area contributed by atoms with Crippen LogP contribution in [-0.4, -0.2) is 44.3 Å². The summed E-state index contributed by atoms with van der Waals surface area (Å²) < 4.78 is 0. The van der Waals surface area contributed by atoms with Crippen molar-refractivity contribution in [3.8, 4) is 0 Å². The standard InChI is InChI=1S/C9H10O8/c10-6(11)4(7(12)13)2-1-3(2)5(8(14)15)9(16)17/h2-5H,1H2,(H,10,11)(H,12,13)(H,14,15)(H,16,17). The van der Waals surface area contributed by atoms with Crippen LogP contribution in [0.25, 0.3) is 0 Å². The van der Waals surface area contributed by atoms with Gasteiger partial charge in [0.25, 0.3) is 0 Å². The first-order chi connectivity index (χ1) is 7.77. The largest absolute Gasteiger partial charge is 0.481 e. The lowest BCUT2D eigenvalue weighted by Crippen LogP contribution is -2.30. The quantitative estimate of drug-likeness (QED) is 0.444. The van der Waals surface area contributed by atoms with Crippen LogP contribution in [0, 0.1) is 23.7 Å². The summed E-state index contributed by atoms with van der Waals surface area (Å²) in [6.07, 6.45) is -0.0213. The van der Waals surface area contributed by atoms with Crippen molar-refractivity contribution in [2.24, 2.45) is 23.7 Å². The summed E-state index contributed by atoms with van der Waals surface area (Å²) in [6, 6.07) is 0. The Bertz CT molecular complexity index is 322. The lowest BCUT2D eigenvalue weighted by molar-refractivity contribution is -0.160. The van der Waals surface area contributed by atoms with E-state index in [0.29, 0.717) is 0 Å². The Morgan fingerprint density at radius 1 is 0.706 bits per heavy atom. The molecular weight excluding hydrogens is 236 g/mol. The number of aliphatic carboxylic acids is 4. The van der Waals surface area contributed by atoms with E-state index in [1.165, 1.54) is 0 Å². The van der Waals surface area contributed by atoms with Gasteiger partial charge in [-0.15, -0.1) is 0 Å². The van der Waals surface area contributed by atoms with Crippen molar-refractivity contribution in [1.82, 2.24) is 0 Å². The first-order valence-electron chi connectivity index (χ1n) is 4.68. The predicted octanol–water partition coefficient (Wildman–Crippen LogP) is -0.807. The number of carboxylic acids is 4. The maximum atomic E-state index is 10.7. The topological polar surface area (TPSA) is 149 Å². The van der Waals surface area contributed by atoms with E-state index in [4.69, 9.17) is 20.4 Å². The highest BCUT2D eigenvalue weighted by Gasteiger charge is 2.57. The lowest BCUT2D eigenvalue weighted by atomic mass is 9.96. The van der Waals surface area contributed by atoms with Crippen LogP contribution in [0.1, 0.15) is 6.42 Å². The molecule has 0 amide bonds. The van der Waals surface area contributed by atoms with E-state index in [2.05, 4.69) is 0 Å². The number of hydrogen-bond acceptors (Lipinski definition) is 4. The van der Waals surface area contributed by atoms with Crippen molar-refractivity contribution in [2.45, 2.75) is 6.42 Å². The molecule has 0 saturated heterocycles. The van der Waals surface area contributed by atoms with Crippen molar-refractivity contribution in [3.05, 3.63) is 0 Å². The molecule has 0 aromatic heterocycles. The zero-order valence-electron chi connectivity index (χ0n) is 8.44. The molecule has 1 aliphatic carbocycles. The minimum absolute atomic E-state index is 0.0213. The molecule has 17 heavy (non-hydrogen) atoms. The molecule has 2 atom stereocenters. The fraction of sp³-hybridized carbons (Fsp3) is 0.556. The minimum atomic E-state index is -1.75. The van der Waals surface area contributed by atoms with Gasteiger partial charge >= 0.3 is 23.9 Å². The number of hydrogen-bond donors (Lipinski definition) is 4. The Hall–Kier alpha value is -2.12. The van der Waals surface area contributed by atoms with E-state index in [-0.39, 0.29) is 6.42 Å². The van der Waals surface area contributed by atoms with Crippen LogP contribution in [0.2, 0.25) is 0 Å². The van der Waals surface area contributed by atoms with Crippen LogP contribution in [0.3, 0.4) is 0 Å². The Balaban J connectivity index is 2.81. The van der Waals surface area contributed by atoms with Gasteiger partial charge in [-0.05, 0) is 18.3 Å². The molecule has 94 valence electrons. The average Bonchev–Trinajstić information content (AvgIpc) is 2.81. The fourth-order valence-corrected chi connectivity index (χ4v) is 1.95. The second-order valence-electron chi connectivity index (χ2n) is 3.87. The van der Waals surface area contributed by atoms with Gasteiger partial charge < -0.3 is 20.4 Å². The van der Waals surface area contributed by atoms with E-state index < -0.39 is 47.5 Å². The molecule has 0 spiro atoms. The number of carboxylic acid groups (broad SMARTS) is 4. The monoisotopic (exact) mass is 246 g/mol. The van der Waals surface area contributed by atoms with Crippen molar-refractivity contribution in [1.29, 1.82) is 0 Å². The highest BCUT2D eigenvalue weighted by Crippen LogP contribution is 2.49. The number of carbonyl (C=O) groups is 4. The summed E-state index contributed by atoms with van der Waals surface area (Å²) in [5.41, 5.74) is 0. The van der Waals surface area contributed by atoms with Crippen molar-refractivity contribution < 1.29 is 39.6 Å². The van der Waals surface area contributed by atoms with E-state index >= 15 is 0 Å². The highest BCUT2D eigenvalue weighted by atomic mass is 16.4. The summed E-state index contributed by atoms with van der Waals surface area (Å²) in [7, 11) is 0. The normalized spacial score (nSPS) is 22.5. The van der Waals surface area contributed by atoms with Crippen molar-refractivity contribution in [2.75, 3.05) is 0 Å². The van der Waals surface area contributed by atoms with Gasteiger partial charge in [-0.3, -0.25) is 19.2 Å². The molecule has 2 unspecified atom stereocenters. The Morgan fingerprint density at radius 2 is 0.941 bits per heavy atom. The Labute approximate surface area is 94.5 Å². The Morgan fingerprint density at radius 3 is 1.12 bits per heavy atom. The second kappa shape index (κ2) is 4.40. The van der Waals surface area contributed by atoms with Crippen LogP contribution in [0.15, 0.2) is 0 Å². The molecule has 1 aliphatic rings. The van der Waals surface area contributed by atoms with Gasteiger partial charge in [-0.25, -0.2) is 0 Å². The van der Waals surface area contributed by atoms with E-state index in [1.807, 2.05) is 0 Å². The van der Waals surface area contributed by atoms with Gasteiger partial charge in [0.15, 0.2) is 11.8 Å². The predicted molar refractivity (Wildman–Crippen MR) is 49.1 cm³/mol. The second-order valence-corrected chi connectivity index (χ2v) is 3.87. The molecule has 1 rings (SSSR count). The first kappa shape index (κ1) is 12.9. The van der Waals surface area contributed by atoms with Gasteiger partial charge in [0.05, 0.1) is 0 Å². The maximum absolute atomic E-state index is 10.7. The summed E-state index contributed by atoms with van der Waals surface area (Å²) >= 11 is 0. The molecule has 1 fully saturated rings. The van der Waals surface area contributed by atoms with Crippen molar-refractivity contribution >= 4 is 23.9 Å². The molecule has 0 bridgehead atoms. The van der Waals surface area contributed by atoms with E-state index in [1.54, 1.807) is 0 Å². The average molecular weight is 246 g/mol. The summed E-state index contributed by atoms with van der Waals surface area (Å²) in [5, 5.41) is 34.6. The number of rotatable bonds is 6. The molecule has 0 aromatic rings. The van der Waals surface area contributed by atoms with Gasteiger partial charge in [0.2, 0.25) is 0 Å². The van der Waals surface area contributed by atoms with Crippen molar-refractivity contribution in [3.63, 3.8) is 0 Å². The Kier molecular flexibility index (Phi) is 3.35. The lowest BCUT2D eigenvalue weighted by Gasteiger charge is -2.09. The molecule has 0 aliphatic heterocycles. The molecule has 8 heteroatoms. The molecule has 1 saturated carbocycles. The molecule has 0 aromatic carbocycles. The minimum Gasteiger partial charge on any atom is -0.481 e. The van der Waals surface area contributed by atoms with E-state index in [9.17, 15) is 19.2 Å². The maximum Gasteiger partial charge on any atom is 0.318 e. The first-order valence-corrected chi connectivity index (χ1v) is 4.68. The zero-order valence-corrected chi connectivity index (χ0v) is 8.44. The molecule has 0 radical (unpaired) electrons. The molecule has 0 heterocycles. The van der Waals surface area contributed by atoms with Gasteiger partial charge in [-0.1, -0.05) is 0 Å². The highest BCUT2D eigenvalue weighted by molar-refractivity contribution is 5.96. The van der Waals surface area contributed by atoms with Crippen LogP contribution >= 0.6 is 0 Å². The molecule has 8 nitrogen and oxygen atoms in total. The molecule has 4 N–H and O–H groups in total. The summed E-state index contributed by atoms with van der Waals surface area (Å²) in [5.74, 6) is -11.7. The summed E-state index contributed by atoms with van der Waals surface area (Å²) in [6.45, 7) is 0. The third-order valence-electron chi connectivity index (χ3n) is 2.81. The van der Waals surface area contributed by atoms with Gasteiger partial charge in [0.1, 0.15) is 0 Å².